The molecule has 0 bridgehead atoms. The number of rotatable bonds is 2. The van der Waals surface area contributed by atoms with E-state index in [2.05, 4.69) is 5.32 Å². The van der Waals surface area contributed by atoms with Gasteiger partial charge in [-0.25, -0.2) is 0 Å². The van der Waals surface area contributed by atoms with Gasteiger partial charge in [-0.3, -0.25) is 5.41 Å². The number of hydrogen-bond acceptors (Lipinski definition) is 2. The summed E-state index contributed by atoms with van der Waals surface area (Å²) in [5, 5.41) is 18.4. The van der Waals surface area contributed by atoms with Gasteiger partial charge in [-0.05, 0) is 17.7 Å². The molecule has 0 saturated carbocycles. The minimum atomic E-state index is -0.106. The zero-order valence-corrected chi connectivity index (χ0v) is 6.54. The van der Waals surface area contributed by atoms with Crippen LogP contribution in [0.1, 0.15) is 5.56 Å². The van der Waals surface area contributed by atoms with Gasteiger partial charge >= 0.3 is 0 Å². The Morgan fingerprint density at radius 2 is 2.33 bits per heavy atom. The van der Waals surface area contributed by atoms with E-state index in [0.29, 0.717) is 5.69 Å². The molecule has 64 valence electrons. The van der Waals surface area contributed by atoms with Gasteiger partial charge in [0.05, 0.1) is 6.61 Å². The number of nitrogens with one attached hydrogen (secondary N) is 2. The van der Waals surface area contributed by atoms with Crippen molar-refractivity contribution >= 4 is 11.6 Å². The lowest BCUT2D eigenvalue weighted by Crippen LogP contribution is -2.20. The van der Waals surface area contributed by atoms with E-state index in [4.69, 9.17) is 16.2 Å². The van der Waals surface area contributed by atoms with Gasteiger partial charge in [0, 0.05) is 5.69 Å². The molecular formula is C8H11N3O. The predicted octanol–water partition coefficient (Wildman–Crippen LogP) is 0.484. The SMILES string of the molecule is N=C(N)Nc1cccc(CO)c1. The number of guanidine groups is 1. The van der Waals surface area contributed by atoms with Crippen LogP contribution in [-0.4, -0.2) is 11.1 Å². The van der Waals surface area contributed by atoms with Crippen molar-refractivity contribution in [3.63, 3.8) is 0 Å². The largest absolute Gasteiger partial charge is 0.392 e. The van der Waals surface area contributed by atoms with Crippen molar-refractivity contribution in [1.82, 2.24) is 0 Å². The normalized spacial score (nSPS) is 9.42. The minimum absolute atomic E-state index is 0.00652. The molecule has 1 rings (SSSR count). The molecule has 0 fully saturated rings. The second-order valence-electron chi connectivity index (χ2n) is 2.40. The molecule has 0 aliphatic heterocycles. The summed E-state index contributed by atoms with van der Waals surface area (Å²) in [6, 6.07) is 7.10. The Hall–Kier alpha value is -1.55. The van der Waals surface area contributed by atoms with Gasteiger partial charge in [-0.1, -0.05) is 12.1 Å². The highest BCUT2D eigenvalue weighted by molar-refractivity contribution is 5.89. The molecule has 4 nitrogen and oxygen atoms in total. The van der Waals surface area contributed by atoms with Crippen LogP contribution >= 0.6 is 0 Å². The zero-order chi connectivity index (χ0) is 8.97. The van der Waals surface area contributed by atoms with Crippen LogP contribution in [-0.2, 0) is 6.61 Å². The monoisotopic (exact) mass is 165 g/mol. The third-order valence-corrected chi connectivity index (χ3v) is 1.39. The predicted molar refractivity (Wildman–Crippen MR) is 47.9 cm³/mol. The van der Waals surface area contributed by atoms with Crippen LogP contribution in [0.5, 0.6) is 0 Å². The van der Waals surface area contributed by atoms with Crippen LogP contribution in [0.15, 0.2) is 24.3 Å². The van der Waals surface area contributed by atoms with Crippen molar-refractivity contribution in [2.24, 2.45) is 5.73 Å². The number of anilines is 1. The van der Waals surface area contributed by atoms with Crippen LogP contribution in [0.25, 0.3) is 0 Å². The molecule has 0 radical (unpaired) electrons. The Kier molecular flexibility index (Phi) is 2.66. The molecule has 1 aromatic rings. The maximum atomic E-state index is 8.78. The van der Waals surface area contributed by atoms with Crippen LogP contribution in [0.3, 0.4) is 0 Å². The van der Waals surface area contributed by atoms with Gasteiger partial charge in [0.25, 0.3) is 0 Å². The molecule has 12 heavy (non-hydrogen) atoms. The molecule has 1 aromatic carbocycles. The van der Waals surface area contributed by atoms with E-state index in [0.717, 1.165) is 5.56 Å². The van der Waals surface area contributed by atoms with Gasteiger partial charge in [0.15, 0.2) is 5.96 Å². The Bertz CT molecular complexity index is 285. The van der Waals surface area contributed by atoms with Gasteiger partial charge in [0.2, 0.25) is 0 Å². The first-order chi connectivity index (χ1) is 5.72. The molecule has 4 heteroatoms. The number of nitrogens with two attached hydrogens (primary N) is 1. The highest BCUT2D eigenvalue weighted by atomic mass is 16.3. The minimum Gasteiger partial charge on any atom is -0.392 e. The second kappa shape index (κ2) is 3.73. The summed E-state index contributed by atoms with van der Waals surface area (Å²) in [5.41, 5.74) is 6.64. The fourth-order valence-corrected chi connectivity index (χ4v) is 0.903. The van der Waals surface area contributed by atoms with Crippen LogP contribution in [0, 0.1) is 5.41 Å². The van der Waals surface area contributed by atoms with Gasteiger partial charge < -0.3 is 16.2 Å². The summed E-state index contributed by atoms with van der Waals surface area (Å²) in [4.78, 5) is 0. The lowest BCUT2D eigenvalue weighted by Gasteiger charge is -2.04. The standard InChI is InChI=1S/C8H11N3O/c9-8(10)11-7-3-1-2-6(4-7)5-12/h1-4,12H,5H2,(H4,9,10,11). The Labute approximate surface area is 70.5 Å². The van der Waals surface area contributed by atoms with E-state index < -0.39 is 0 Å². The van der Waals surface area contributed by atoms with E-state index in [1.165, 1.54) is 0 Å². The summed E-state index contributed by atoms with van der Waals surface area (Å²) in [7, 11) is 0. The molecule has 0 saturated heterocycles. The second-order valence-corrected chi connectivity index (χ2v) is 2.40. The number of aliphatic hydroxyl groups is 1. The first-order valence-corrected chi connectivity index (χ1v) is 3.53. The van der Waals surface area contributed by atoms with Crippen LogP contribution < -0.4 is 11.1 Å². The van der Waals surface area contributed by atoms with Crippen molar-refractivity contribution in [2.45, 2.75) is 6.61 Å². The van der Waals surface area contributed by atoms with Crippen LogP contribution in [0.4, 0.5) is 5.69 Å². The fraction of sp³-hybridized carbons (Fsp3) is 0.125. The molecule has 0 atom stereocenters. The molecule has 0 heterocycles. The average molecular weight is 165 g/mol. The highest BCUT2D eigenvalue weighted by Crippen LogP contribution is 2.09. The van der Waals surface area contributed by atoms with Gasteiger partial charge in [-0.15, -0.1) is 0 Å². The molecule has 0 aliphatic rings. The van der Waals surface area contributed by atoms with Crippen molar-refractivity contribution < 1.29 is 5.11 Å². The lowest BCUT2D eigenvalue weighted by molar-refractivity contribution is 0.282. The molecule has 0 amide bonds. The molecular weight excluding hydrogens is 154 g/mol. The zero-order valence-electron chi connectivity index (χ0n) is 6.54. The Balaban J connectivity index is 2.79. The number of aliphatic hydroxyl groups excluding tert-OH is 1. The van der Waals surface area contributed by atoms with Crippen LogP contribution in [0.2, 0.25) is 0 Å². The van der Waals surface area contributed by atoms with Crippen molar-refractivity contribution in [2.75, 3.05) is 5.32 Å². The van der Waals surface area contributed by atoms with Crippen molar-refractivity contribution in [3.05, 3.63) is 29.8 Å². The van der Waals surface area contributed by atoms with E-state index in [9.17, 15) is 0 Å². The summed E-state index contributed by atoms with van der Waals surface area (Å²) in [6.07, 6.45) is 0. The maximum Gasteiger partial charge on any atom is 0.190 e. The third kappa shape index (κ3) is 2.25. The topological polar surface area (TPSA) is 82.1 Å². The smallest absolute Gasteiger partial charge is 0.190 e. The Morgan fingerprint density at radius 3 is 2.92 bits per heavy atom. The fourth-order valence-electron chi connectivity index (χ4n) is 0.903. The molecule has 5 N–H and O–H groups in total. The van der Waals surface area contributed by atoms with Gasteiger partial charge in [-0.2, -0.15) is 0 Å². The summed E-state index contributed by atoms with van der Waals surface area (Å²) in [5.74, 6) is -0.106. The summed E-state index contributed by atoms with van der Waals surface area (Å²) >= 11 is 0. The number of benzene rings is 1. The number of hydrogen-bond donors (Lipinski definition) is 4. The third-order valence-electron chi connectivity index (χ3n) is 1.39. The molecule has 0 unspecified atom stereocenters. The molecule has 0 aromatic heterocycles. The lowest BCUT2D eigenvalue weighted by atomic mass is 10.2. The summed E-state index contributed by atoms with van der Waals surface area (Å²) < 4.78 is 0. The quantitative estimate of drug-likeness (QED) is 0.380. The Morgan fingerprint density at radius 1 is 1.58 bits per heavy atom. The highest BCUT2D eigenvalue weighted by Gasteiger charge is 1.94. The molecule has 0 aliphatic carbocycles. The van der Waals surface area contributed by atoms with Gasteiger partial charge in [0.1, 0.15) is 0 Å². The van der Waals surface area contributed by atoms with Crippen molar-refractivity contribution in [1.29, 1.82) is 5.41 Å². The first-order valence-electron chi connectivity index (χ1n) is 3.53. The van der Waals surface area contributed by atoms with E-state index >= 15 is 0 Å². The van der Waals surface area contributed by atoms with E-state index in [1.807, 2.05) is 0 Å². The molecule has 0 spiro atoms. The average Bonchev–Trinajstić information content (AvgIpc) is 2.03. The maximum absolute atomic E-state index is 8.78. The summed E-state index contributed by atoms with van der Waals surface area (Å²) in [6.45, 7) is -0.00652. The van der Waals surface area contributed by atoms with E-state index in [1.54, 1.807) is 24.3 Å². The van der Waals surface area contributed by atoms with Crippen molar-refractivity contribution in [3.8, 4) is 0 Å². The van der Waals surface area contributed by atoms with E-state index in [-0.39, 0.29) is 12.6 Å². The first kappa shape index (κ1) is 8.55.